The minimum Gasteiger partial charge on any atom is -0.378 e. The van der Waals surface area contributed by atoms with Crippen LogP contribution >= 0.6 is 0 Å². The number of fused-ring (bicyclic) bond motifs is 2. The zero-order valence-corrected chi connectivity index (χ0v) is 13.2. The Morgan fingerprint density at radius 2 is 2.00 bits per heavy atom. The van der Waals surface area contributed by atoms with Crippen LogP contribution in [0.25, 0.3) is 0 Å². The molecule has 5 heteroatoms. The molecule has 3 aliphatic rings. The van der Waals surface area contributed by atoms with Crippen molar-refractivity contribution in [3.05, 3.63) is 0 Å². The van der Waals surface area contributed by atoms with Crippen molar-refractivity contribution < 1.29 is 13.2 Å². The highest BCUT2D eigenvalue weighted by atomic mass is 32.2. The van der Waals surface area contributed by atoms with Gasteiger partial charge in [0.05, 0.1) is 11.4 Å². The molecule has 1 heterocycles. The van der Waals surface area contributed by atoms with Crippen molar-refractivity contribution in [2.75, 3.05) is 13.2 Å². The highest BCUT2D eigenvalue weighted by molar-refractivity contribution is 7.90. The van der Waals surface area contributed by atoms with Crippen LogP contribution in [0.3, 0.4) is 0 Å². The van der Waals surface area contributed by atoms with E-state index in [1.807, 2.05) is 6.92 Å². The van der Waals surface area contributed by atoms with Crippen LogP contribution in [0.2, 0.25) is 0 Å². The lowest BCUT2D eigenvalue weighted by atomic mass is 9.86. The van der Waals surface area contributed by atoms with E-state index in [1.54, 1.807) is 0 Å². The standard InChI is InChI=1S/C15H27NO3S/c1-11-8-15(5-7-19-11)20(17,18)16-6-4-14-10-12-2-3-13(14)9-12/h11-16H,2-10H2,1H3. The van der Waals surface area contributed by atoms with Crippen LogP contribution in [-0.4, -0.2) is 32.9 Å². The van der Waals surface area contributed by atoms with Gasteiger partial charge in [-0.15, -0.1) is 0 Å². The molecular formula is C15H27NO3S. The Morgan fingerprint density at radius 1 is 1.15 bits per heavy atom. The van der Waals surface area contributed by atoms with Crippen molar-refractivity contribution in [3.63, 3.8) is 0 Å². The molecule has 1 aliphatic heterocycles. The maximum absolute atomic E-state index is 12.3. The zero-order valence-electron chi connectivity index (χ0n) is 12.4. The third kappa shape index (κ3) is 3.20. The summed E-state index contributed by atoms with van der Waals surface area (Å²) in [5, 5.41) is -0.258. The third-order valence-electron chi connectivity index (χ3n) is 5.58. The molecule has 0 amide bonds. The van der Waals surface area contributed by atoms with Gasteiger partial charge in [-0.1, -0.05) is 6.42 Å². The van der Waals surface area contributed by atoms with Crippen LogP contribution in [0, 0.1) is 17.8 Å². The first-order chi connectivity index (χ1) is 9.54. The van der Waals surface area contributed by atoms with Gasteiger partial charge in [0.1, 0.15) is 0 Å². The average molecular weight is 301 g/mol. The van der Waals surface area contributed by atoms with Gasteiger partial charge in [-0.05, 0) is 63.2 Å². The van der Waals surface area contributed by atoms with Gasteiger partial charge in [-0.2, -0.15) is 0 Å². The summed E-state index contributed by atoms with van der Waals surface area (Å²) in [7, 11) is -3.15. The first kappa shape index (κ1) is 14.8. The molecule has 5 unspecified atom stereocenters. The second-order valence-corrected chi connectivity index (χ2v) is 9.04. The molecule has 0 aromatic carbocycles. The Balaban J connectivity index is 1.45. The highest BCUT2D eigenvalue weighted by Gasteiger charge is 2.39. The SMILES string of the molecule is CC1CC(S(=O)(=O)NCCC2CC3CCC2C3)CCO1. The molecule has 5 atom stereocenters. The first-order valence-corrected chi connectivity index (χ1v) is 9.69. The van der Waals surface area contributed by atoms with E-state index in [9.17, 15) is 8.42 Å². The minimum atomic E-state index is -3.15. The molecule has 116 valence electrons. The van der Waals surface area contributed by atoms with Crippen LogP contribution < -0.4 is 4.72 Å². The molecule has 3 rings (SSSR count). The first-order valence-electron chi connectivity index (χ1n) is 8.14. The molecule has 3 fully saturated rings. The summed E-state index contributed by atoms with van der Waals surface area (Å²) in [4.78, 5) is 0. The van der Waals surface area contributed by atoms with E-state index in [2.05, 4.69) is 4.72 Å². The van der Waals surface area contributed by atoms with Crippen LogP contribution in [-0.2, 0) is 14.8 Å². The lowest BCUT2D eigenvalue weighted by Gasteiger charge is -2.27. The van der Waals surface area contributed by atoms with Gasteiger partial charge >= 0.3 is 0 Å². The van der Waals surface area contributed by atoms with Crippen molar-refractivity contribution in [3.8, 4) is 0 Å². The van der Waals surface area contributed by atoms with E-state index in [0.29, 0.717) is 26.0 Å². The van der Waals surface area contributed by atoms with Gasteiger partial charge in [0.25, 0.3) is 0 Å². The second kappa shape index (κ2) is 5.93. The number of hydrogen-bond acceptors (Lipinski definition) is 3. The van der Waals surface area contributed by atoms with Crippen LogP contribution in [0.5, 0.6) is 0 Å². The molecule has 2 aliphatic carbocycles. The topological polar surface area (TPSA) is 55.4 Å². The Bertz CT molecular complexity index is 436. The number of ether oxygens (including phenoxy) is 1. The molecule has 0 aromatic rings. The molecule has 0 aromatic heterocycles. The Kier molecular flexibility index (Phi) is 4.39. The van der Waals surface area contributed by atoms with Crippen LogP contribution in [0.4, 0.5) is 0 Å². The number of nitrogens with one attached hydrogen (secondary N) is 1. The molecule has 2 bridgehead atoms. The van der Waals surface area contributed by atoms with E-state index in [4.69, 9.17) is 4.74 Å². The fourth-order valence-electron chi connectivity index (χ4n) is 4.47. The lowest BCUT2D eigenvalue weighted by molar-refractivity contribution is 0.0299. The predicted molar refractivity (Wildman–Crippen MR) is 78.9 cm³/mol. The maximum atomic E-state index is 12.3. The molecule has 1 N–H and O–H groups in total. The van der Waals surface area contributed by atoms with Crippen LogP contribution in [0.1, 0.15) is 51.9 Å². The molecule has 20 heavy (non-hydrogen) atoms. The second-order valence-electron chi connectivity index (χ2n) is 6.99. The molecule has 0 spiro atoms. The van der Waals surface area contributed by atoms with Gasteiger partial charge in [0, 0.05) is 13.2 Å². The van der Waals surface area contributed by atoms with Gasteiger partial charge in [-0.25, -0.2) is 13.1 Å². The molecule has 4 nitrogen and oxygen atoms in total. The van der Waals surface area contributed by atoms with Crippen LogP contribution in [0.15, 0.2) is 0 Å². The summed E-state index contributed by atoms with van der Waals surface area (Å²) in [6.45, 7) is 3.15. The lowest BCUT2D eigenvalue weighted by Crippen LogP contribution is -2.40. The zero-order chi connectivity index (χ0) is 14.2. The summed E-state index contributed by atoms with van der Waals surface area (Å²) in [6.07, 6.45) is 7.87. The van der Waals surface area contributed by atoms with Gasteiger partial charge in [0.2, 0.25) is 10.0 Å². The van der Waals surface area contributed by atoms with Gasteiger partial charge in [-0.3, -0.25) is 0 Å². The third-order valence-corrected chi connectivity index (χ3v) is 7.49. The van der Waals surface area contributed by atoms with Crippen molar-refractivity contribution in [1.82, 2.24) is 4.72 Å². The van der Waals surface area contributed by atoms with Gasteiger partial charge in [0.15, 0.2) is 0 Å². The van der Waals surface area contributed by atoms with E-state index in [-0.39, 0.29) is 11.4 Å². The van der Waals surface area contributed by atoms with E-state index >= 15 is 0 Å². The number of hydrogen-bond donors (Lipinski definition) is 1. The van der Waals surface area contributed by atoms with Crippen molar-refractivity contribution >= 4 is 10.0 Å². The fourth-order valence-corrected chi connectivity index (χ4v) is 6.04. The molecule has 0 radical (unpaired) electrons. The Hall–Kier alpha value is -0.130. The molecular weight excluding hydrogens is 274 g/mol. The smallest absolute Gasteiger partial charge is 0.214 e. The summed E-state index contributed by atoms with van der Waals surface area (Å²) >= 11 is 0. The summed E-state index contributed by atoms with van der Waals surface area (Å²) in [6, 6.07) is 0. The molecule has 1 saturated heterocycles. The normalized spacial score (nSPS) is 41.1. The largest absolute Gasteiger partial charge is 0.378 e. The number of sulfonamides is 1. The summed E-state index contributed by atoms with van der Waals surface area (Å²) in [5.74, 6) is 2.59. The number of rotatable bonds is 5. The average Bonchev–Trinajstić information content (AvgIpc) is 3.01. The highest BCUT2D eigenvalue weighted by Crippen LogP contribution is 2.49. The van der Waals surface area contributed by atoms with E-state index < -0.39 is 10.0 Å². The molecule has 2 saturated carbocycles. The fraction of sp³-hybridized carbons (Fsp3) is 1.00. The van der Waals surface area contributed by atoms with Gasteiger partial charge < -0.3 is 4.74 Å². The van der Waals surface area contributed by atoms with E-state index in [0.717, 1.165) is 24.2 Å². The summed E-state index contributed by atoms with van der Waals surface area (Å²) < 4.78 is 32.9. The van der Waals surface area contributed by atoms with Crippen molar-refractivity contribution in [2.24, 2.45) is 17.8 Å². The Labute approximate surface area is 122 Å². The summed E-state index contributed by atoms with van der Waals surface area (Å²) in [5.41, 5.74) is 0. The maximum Gasteiger partial charge on any atom is 0.214 e. The predicted octanol–water partition coefficient (Wildman–Crippen LogP) is 2.30. The Morgan fingerprint density at radius 3 is 2.65 bits per heavy atom. The van der Waals surface area contributed by atoms with Crippen molar-refractivity contribution in [2.45, 2.75) is 63.2 Å². The van der Waals surface area contributed by atoms with E-state index in [1.165, 1.54) is 25.7 Å². The minimum absolute atomic E-state index is 0.0656. The monoisotopic (exact) mass is 301 g/mol. The van der Waals surface area contributed by atoms with Crippen molar-refractivity contribution in [1.29, 1.82) is 0 Å². The quantitative estimate of drug-likeness (QED) is 0.847.